The Labute approximate surface area is 267 Å². The number of anilines is 1. The molecule has 1 aromatic heterocycles. The molecule has 3 aromatic rings. The fourth-order valence-corrected chi connectivity index (χ4v) is 6.40. The van der Waals surface area contributed by atoms with Crippen LogP contribution in [0.3, 0.4) is 0 Å². The molecule has 0 radical (unpaired) electrons. The topological polar surface area (TPSA) is 129 Å². The summed E-state index contributed by atoms with van der Waals surface area (Å²) in [6.07, 6.45) is 2.36. The van der Waals surface area contributed by atoms with Gasteiger partial charge in [0, 0.05) is 18.8 Å². The molecule has 3 atom stereocenters. The number of hydrogen-bond donors (Lipinski definition) is 1. The summed E-state index contributed by atoms with van der Waals surface area (Å²) in [5, 5.41) is 27.9. The molecule has 1 aliphatic rings. The lowest BCUT2D eigenvalue weighted by Gasteiger charge is -2.29. The van der Waals surface area contributed by atoms with Crippen molar-refractivity contribution in [1.29, 1.82) is 5.26 Å². The van der Waals surface area contributed by atoms with Crippen molar-refractivity contribution < 1.29 is 24.2 Å². The largest absolute Gasteiger partial charge is 0.481 e. The number of aryl methyl sites for hydroxylation is 1. The number of carboxylic acids is 1. The first-order valence-corrected chi connectivity index (χ1v) is 15.8. The number of carbonyl (C=O) groups is 2. The zero-order chi connectivity index (χ0) is 32.3. The Morgan fingerprint density at radius 3 is 2.51 bits per heavy atom. The number of carbonyl (C=O) groups excluding carboxylic acids is 1. The molecule has 1 aliphatic carbocycles. The molecule has 0 aliphatic heterocycles. The van der Waals surface area contributed by atoms with Gasteiger partial charge in [0.05, 0.1) is 35.6 Å². The molecule has 4 rings (SSSR count). The van der Waals surface area contributed by atoms with Crippen LogP contribution >= 0.6 is 11.3 Å². The van der Waals surface area contributed by atoms with Crippen LogP contribution in [0.1, 0.15) is 60.3 Å². The first kappa shape index (κ1) is 33.3. The molecule has 0 saturated heterocycles. The highest BCUT2D eigenvalue weighted by Crippen LogP contribution is 2.42. The van der Waals surface area contributed by atoms with E-state index in [1.54, 1.807) is 6.92 Å². The Hall–Kier alpha value is -4.58. The first-order chi connectivity index (χ1) is 21.8. The van der Waals surface area contributed by atoms with Crippen molar-refractivity contribution in [3.05, 3.63) is 81.5 Å². The van der Waals surface area contributed by atoms with E-state index in [1.807, 2.05) is 55.5 Å². The number of aliphatic carboxylic acids is 1. The molecule has 1 saturated carbocycles. The molecular weight excluding hydrogens is 590 g/mol. The van der Waals surface area contributed by atoms with Crippen molar-refractivity contribution in [3.8, 4) is 6.07 Å². The quantitative estimate of drug-likeness (QED) is 0.0875. The van der Waals surface area contributed by atoms with Gasteiger partial charge in [0.25, 0.3) is 0 Å². The van der Waals surface area contributed by atoms with E-state index in [9.17, 15) is 20.0 Å². The number of ether oxygens (including phenoxy) is 2. The second-order valence-corrected chi connectivity index (χ2v) is 11.9. The van der Waals surface area contributed by atoms with Crippen LogP contribution in [0.2, 0.25) is 0 Å². The molecule has 2 aromatic carbocycles. The number of nitriles is 1. The van der Waals surface area contributed by atoms with Gasteiger partial charge in [-0.15, -0.1) is 11.3 Å². The van der Waals surface area contributed by atoms with Gasteiger partial charge in [-0.25, -0.2) is 4.85 Å². The number of rotatable bonds is 13. The number of nitrogens with zero attached hydrogens (tertiary/aromatic N) is 5. The molecule has 45 heavy (non-hydrogen) atoms. The molecule has 1 heterocycles. The predicted molar refractivity (Wildman–Crippen MR) is 172 cm³/mol. The minimum atomic E-state index is -0.941. The second-order valence-electron chi connectivity index (χ2n) is 10.9. The average molecular weight is 628 g/mol. The summed E-state index contributed by atoms with van der Waals surface area (Å²) in [4.78, 5) is 30.5. The zero-order valence-corrected chi connectivity index (χ0v) is 26.5. The highest BCUT2D eigenvalue weighted by molar-refractivity contribution is 7.17. The monoisotopic (exact) mass is 627 g/mol. The molecule has 0 amide bonds. The third kappa shape index (κ3) is 8.33. The molecule has 234 valence electrons. The summed E-state index contributed by atoms with van der Waals surface area (Å²) in [5.74, 6) is -2.70. The van der Waals surface area contributed by atoms with Crippen LogP contribution in [0.15, 0.2) is 58.8 Å². The lowest BCUT2D eigenvalue weighted by Crippen LogP contribution is -2.34. The Balaban J connectivity index is 1.43. The summed E-state index contributed by atoms with van der Waals surface area (Å²) in [6, 6.07) is 17.8. The fraction of sp³-hybridized carbons (Fsp3) is 0.412. The summed E-state index contributed by atoms with van der Waals surface area (Å²) >= 11 is 1.16. The molecule has 11 heteroatoms. The van der Waals surface area contributed by atoms with E-state index in [0.717, 1.165) is 41.0 Å². The van der Waals surface area contributed by atoms with Crippen molar-refractivity contribution in [2.24, 2.45) is 22.1 Å². The smallest absolute Gasteiger partial charge is 0.309 e. The summed E-state index contributed by atoms with van der Waals surface area (Å²) < 4.78 is 11.7. The van der Waals surface area contributed by atoms with Crippen molar-refractivity contribution >= 4 is 45.3 Å². The zero-order valence-electron chi connectivity index (χ0n) is 25.7. The van der Waals surface area contributed by atoms with Gasteiger partial charge < -0.3 is 19.5 Å². The van der Waals surface area contributed by atoms with E-state index in [4.69, 9.17) is 16.0 Å². The van der Waals surface area contributed by atoms with E-state index >= 15 is 0 Å². The standard InChI is InChI=1S/C34H37N5O5S/c1-5-39(25-15-16-28(22(2)19-25)37-38-32-31(36-4)23(3)30(20-35)45-32)21-29(24-11-7-6-8-12-24)43-17-18-44-34(42)27-14-10-9-13-26(27)33(40)41/h6-8,11-12,15-16,19,26-27,29H,5,9-10,13-14,17-18,21H2,1-3H3,(H,40,41). The highest BCUT2D eigenvalue weighted by Gasteiger charge is 2.36. The SMILES string of the molecule is [C-]#[N+]c1c(N=Nc2ccc(N(CC)CC(OCCOC(=O)C3CCCCC3C(=O)O)c3ccccc3)cc2C)sc(C#N)c1C. The number of benzene rings is 2. The van der Waals surface area contributed by atoms with E-state index in [2.05, 4.69) is 33.0 Å². The van der Waals surface area contributed by atoms with E-state index in [0.29, 0.717) is 52.7 Å². The minimum Gasteiger partial charge on any atom is -0.481 e. The Bertz CT molecular complexity index is 1610. The van der Waals surface area contributed by atoms with Gasteiger partial charge in [0.1, 0.15) is 23.8 Å². The number of hydrogen-bond acceptors (Lipinski definition) is 9. The molecule has 3 unspecified atom stereocenters. The van der Waals surface area contributed by atoms with Crippen LogP contribution in [0.4, 0.5) is 22.1 Å². The third-order valence-corrected chi connectivity index (χ3v) is 9.15. The van der Waals surface area contributed by atoms with E-state index in [-0.39, 0.29) is 19.3 Å². The van der Waals surface area contributed by atoms with Crippen LogP contribution in [0, 0.1) is 43.6 Å². The first-order valence-electron chi connectivity index (χ1n) is 15.0. The lowest BCUT2D eigenvalue weighted by atomic mass is 9.79. The van der Waals surface area contributed by atoms with Crippen LogP contribution in [-0.4, -0.2) is 43.3 Å². The van der Waals surface area contributed by atoms with Crippen LogP contribution in [0.5, 0.6) is 0 Å². The molecule has 1 fully saturated rings. The number of carboxylic acid groups (broad SMARTS) is 1. The third-order valence-electron chi connectivity index (χ3n) is 8.08. The molecular formula is C34H37N5O5S. The molecule has 0 spiro atoms. The Morgan fingerprint density at radius 1 is 1.13 bits per heavy atom. The Morgan fingerprint density at radius 2 is 1.87 bits per heavy atom. The number of thiophene rings is 1. The van der Waals surface area contributed by atoms with Crippen molar-refractivity contribution in [2.75, 3.05) is 31.2 Å². The lowest BCUT2D eigenvalue weighted by molar-refractivity contribution is -0.161. The molecule has 0 bridgehead atoms. The maximum absolute atomic E-state index is 12.7. The van der Waals surface area contributed by atoms with Gasteiger partial charge in [-0.05, 0) is 68.5 Å². The van der Waals surface area contributed by atoms with Gasteiger partial charge >= 0.3 is 11.9 Å². The minimum absolute atomic E-state index is 0.0464. The second kappa shape index (κ2) is 15.9. The molecule has 10 nitrogen and oxygen atoms in total. The van der Waals surface area contributed by atoms with Gasteiger partial charge in [-0.3, -0.25) is 9.59 Å². The van der Waals surface area contributed by atoms with E-state index in [1.165, 1.54) is 0 Å². The Kier molecular flexibility index (Phi) is 11.8. The van der Waals surface area contributed by atoms with Gasteiger partial charge in [0.2, 0.25) is 5.69 Å². The van der Waals surface area contributed by atoms with Crippen LogP contribution in [-0.2, 0) is 19.1 Å². The van der Waals surface area contributed by atoms with Crippen molar-refractivity contribution in [2.45, 2.75) is 52.6 Å². The maximum atomic E-state index is 12.7. The molecule has 1 N–H and O–H groups in total. The fourth-order valence-electron chi connectivity index (χ4n) is 5.53. The average Bonchev–Trinajstić information content (AvgIpc) is 3.37. The summed E-state index contributed by atoms with van der Waals surface area (Å²) in [7, 11) is 0. The summed E-state index contributed by atoms with van der Waals surface area (Å²) in [6.45, 7) is 14.7. The predicted octanol–water partition coefficient (Wildman–Crippen LogP) is 8.22. The van der Waals surface area contributed by atoms with Crippen LogP contribution in [0.25, 0.3) is 4.85 Å². The van der Waals surface area contributed by atoms with Crippen LogP contribution < -0.4 is 4.90 Å². The van der Waals surface area contributed by atoms with Crippen molar-refractivity contribution in [1.82, 2.24) is 0 Å². The van der Waals surface area contributed by atoms with Gasteiger partial charge in [0.15, 0.2) is 0 Å². The number of azo groups is 1. The van der Waals surface area contributed by atoms with Gasteiger partial charge in [-0.2, -0.15) is 15.5 Å². The van der Waals surface area contributed by atoms with E-state index < -0.39 is 23.8 Å². The number of esters is 1. The summed E-state index contributed by atoms with van der Waals surface area (Å²) in [5.41, 5.74) is 4.51. The van der Waals surface area contributed by atoms with Crippen molar-refractivity contribution in [3.63, 3.8) is 0 Å². The normalized spacial score (nSPS) is 16.9. The highest BCUT2D eigenvalue weighted by atomic mass is 32.1. The van der Waals surface area contributed by atoms with Gasteiger partial charge in [-0.1, -0.05) is 43.2 Å². The maximum Gasteiger partial charge on any atom is 0.309 e. The number of likely N-dealkylation sites (N-methyl/N-ethyl adjacent to an activating group) is 1.